The van der Waals surface area contributed by atoms with E-state index in [2.05, 4.69) is 0 Å². The summed E-state index contributed by atoms with van der Waals surface area (Å²) in [6.07, 6.45) is 3.94. The Morgan fingerprint density at radius 1 is 1.47 bits per heavy atom. The number of carbonyl (C=O) groups is 1. The summed E-state index contributed by atoms with van der Waals surface area (Å²) < 4.78 is 14.0. The van der Waals surface area contributed by atoms with Crippen LogP contribution in [0.4, 0.5) is 4.39 Å². The molecule has 0 radical (unpaired) electrons. The number of benzene rings is 1. The molecule has 4 heteroatoms. The van der Waals surface area contributed by atoms with Crippen molar-refractivity contribution in [3.05, 3.63) is 35.1 Å². The van der Waals surface area contributed by atoms with Crippen LogP contribution >= 0.6 is 0 Å². The third-order valence-corrected chi connectivity index (χ3v) is 3.69. The first-order chi connectivity index (χ1) is 9.15. The highest BCUT2D eigenvalue weighted by Crippen LogP contribution is 2.25. The van der Waals surface area contributed by atoms with Crippen LogP contribution in [0.1, 0.15) is 41.6 Å². The maximum Gasteiger partial charge on any atom is 0.257 e. The molecular weight excluding hydrogens is 243 g/mol. The number of hydrogen-bond donors (Lipinski definition) is 0. The fraction of sp³-hybridized carbons (Fsp3) is 0.467. The highest BCUT2D eigenvalue weighted by molar-refractivity contribution is 5.95. The van der Waals surface area contributed by atoms with Crippen LogP contribution < -0.4 is 0 Å². The molecule has 2 rings (SSSR count). The quantitative estimate of drug-likeness (QED) is 0.784. The lowest BCUT2D eigenvalue weighted by Gasteiger charge is -2.26. The van der Waals surface area contributed by atoms with Gasteiger partial charge in [0, 0.05) is 6.04 Å². The van der Waals surface area contributed by atoms with Gasteiger partial charge in [0.25, 0.3) is 5.91 Å². The average Bonchev–Trinajstić information content (AvgIpc) is 2.92. The van der Waals surface area contributed by atoms with Crippen molar-refractivity contribution in [3.8, 4) is 6.07 Å². The lowest BCUT2D eigenvalue weighted by atomic mass is 10.1. The van der Waals surface area contributed by atoms with E-state index in [1.165, 1.54) is 11.0 Å². The monoisotopic (exact) mass is 260 g/mol. The smallest absolute Gasteiger partial charge is 0.257 e. The molecular formula is C15H17FN2O. The Balaban J connectivity index is 2.28. The van der Waals surface area contributed by atoms with Gasteiger partial charge in [0.15, 0.2) is 0 Å². The number of hydrogen-bond acceptors (Lipinski definition) is 2. The number of halogens is 1. The Labute approximate surface area is 112 Å². The van der Waals surface area contributed by atoms with Crippen LogP contribution in [-0.4, -0.2) is 23.4 Å². The predicted octanol–water partition coefficient (Wildman–Crippen LogP) is 3.04. The molecule has 19 heavy (non-hydrogen) atoms. The molecule has 3 nitrogen and oxygen atoms in total. The molecule has 0 spiro atoms. The second kappa shape index (κ2) is 5.83. The Hall–Kier alpha value is -1.89. The van der Waals surface area contributed by atoms with Crippen molar-refractivity contribution in [1.29, 1.82) is 5.26 Å². The van der Waals surface area contributed by atoms with Gasteiger partial charge in [0.05, 0.1) is 11.6 Å². The molecule has 100 valence electrons. The van der Waals surface area contributed by atoms with E-state index < -0.39 is 5.82 Å². The first-order valence-electron chi connectivity index (χ1n) is 6.58. The topological polar surface area (TPSA) is 44.1 Å². The van der Waals surface area contributed by atoms with Crippen molar-refractivity contribution in [2.45, 2.75) is 38.6 Å². The molecule has 1 amide bonds. The minimum absolute atomic E-state index is 0.0247. The van der Waals surface area contributed by atoms with E-state index in [1.54, 1.807) is 19.1 Å². The zero-order chi connectivity index (χ0) is 13.8. The van der Waals surface area contributed by atoms with Gasteiger partial charge in [-0.1, -0.05) is 25.0 Å². The molecule has 1 fully saturated rings. The lowest BCUT2D eigenvalue weighted by molar-refractivity contribution is 0.0704. The summed E-state index contributed by atoms with van der Waals surface area (Å²) in [4.78, 5) is 13.9. The highest BCUT2D eigenvalue weighted by Gasteiger charge is 2.28. The minimum Gasteiger partial charge on any atom is -0.322 e. The Kier molecular flexibility index (Phi) is 4.16. The molecule has 0 atom stereocenters. The summed E-state index contributed by atoms with van der Waals surface area (Å²) in [5.41, 5.74) is 0.524. The van der Waals surface area contributed by atoms with Crippen molar-refractivity contribution in [2.24, 2.45) is 0 Å². The van der Waals surface area contributed by atoms with Gasteiger partial charge in [-0.3, -0.25) is 4.79 Å². The summed E-state index contributed by atoms with van der Waals surface area (Å²) in [6, 6.07) is 6.88. The van der Waals surface area contributed by atoms with E-state index in [9.17, 15) is 9.18 Å². The van der Waals surface area contributed by atoms with Gasteiger partial charge in [-0.15, -0.1) is 0 Å². The molecule has 0 heterocycles. The second-order valence-corrected chi connectivity index (χ2v) is 4.97. The van der Waals surface area contributed by atoms with Crippen LogP contribution in [0.3, 0.4) is 0 Å². The summed E-state index contributed by atoms with van der Waals surface area (Å²) in [6.45, 7) is 1.66. The maximum absolute atomic E-state index is 14.0. The molecule has 1 aromatic rings. The van der Waals surface area contributed by atoms with Crippen molar-refractivity contribution in [2.75, 3.05) is 6.54 Å². The Morgan fingerprint density at radius 3 is 2.79 bits per heavy atom. The van der Waals surface area contributed by atoms with Crippen LogP contribution in [0.5, 0.6) is 0 Å². The van der Waals surface area contributed by atoms with E-state index in [0.29, 0.717) is 5.56 Å². The predicted molar refractivity (Wildman–Crippen MR) is 70.0 cm³/mol. The number of carbonyl (C=O) groups excluding carboxylic acids is 1. The van der Waals surface area contributed by atoms with Gasteiger partial charge in [-0.25, -0.2) is 4.39 Å². The zero-order valence-electron chi connectivity index (χ0n) is 11.0. The number of nitriles is 1. The van der Waals surface area contributed by atoms with Crippen LogP contribution in [0, 0.1) is 24.1 Å². The lowest BCUT2D eigenvalue weighted by Crippen LogP contribution is -2.39. The van der Waals surface area contributed by atoms with Crippen molar-refractivity contribution < 1.29 is 9.18 Å². The van der Waals surface area contributed by atoms with Crippen LogP contribution in [0.25, 0.3) is 0 Å². The molecule has 1 saturated carbocycles. The fourth-order valence-corrected chi connectivity index (χ4v) is 2.63. The molecule has 0 aromatic heterocycles. The maximum atomic E-state index is 14.0. The van der Waals surface area contributed by atoms with Crippen LogP contribution in [-0.2, 0) is 0 Å². The summed E-state index contributed by atoms with van der Waals surface area (Å²) in [5, 5.41) is 8.88. The Morgan fingerprint density at radius 2 is 2.16 bits per heavy atom. The molecule has 0 saturated heterocycles. The van der Waals surface area contributed by atoms with Gasteiger partial charge < -0.3 is 4.90 Å². The summed E-state index contributed by atoms with van der Waals surface area (Å²) in [5.74, 6) is -0.844. The fourth-order valence-electron chi connectivity index (χ4n) is 2.63. The molecule has 0 unspecified atom stereocenters. The number of aryl methyl sites for hydroxylation is 1. The Bertz CT molecular complexity index is 515. The first-order valence-corrected chi connectivity index (χ1v) is 6.58. The molecule has 0 bridgehead atoms. The van der Waals surface area contributed by atoms with Crippen LogP contribution in [0.15, 0.2) is 18.2 Å². The van der Waals surface area contributed by atoms with Crippen molar-refractivity contribution in [3.63, 3.8) is 0 Å². The van der Waals surface area contributed by atoms with Gasteiger partial charge in [-0.05, 0) is 31.4 Å². The minimum atomic E-state index is -0.478. The van der Waals surface area contributed by atoms with Gasteiger partial charge in [0.2, 0.25) is 0 Å². The van der Waals surface area contributed by atoms with Crippen molar-refractivity contribution in [1.82, 2.24) is 4.90 Å². The van der Waals surface area contributed by atoms with Gasteiger partial charge in [0.1, 0.15) is 12.4 Å². The molecule has 1 aliphatic rings. The van der Waals surface area contributed by atoms with E-state index in [0.717, 1.165) is 25.7 Å². The standard InChI is InChI=1S/C15H17FN2O/c1-11-5-4-8-13(14(11)16)15(19)18(10-9-17)12-6-2-3-7-12/h4-5,8,12H,2-3,6-7,10H2,1H3. The number of nitrogens with zero attached hydrogens (tertiary/aromatic N) is 2. The third kappa shape index (κ3) is 2.76. The molecule has 0 N–H and O–H groups in total. The molecule has 1 aliphatic carbocycles. The SMILES string of the molecule is Cc1cccc(C(=O)N(CC#N)C2CCCC2)c1F. The molecule has 0 aliphatic heterocycles. The van der Waals surface area contributed by atoms with E-state index in [-0.39, 0.29) is 24.1 Å². The van der Waals surface area contributed by atoms with E-state index >= 15 is 0 Å². The van der Waals surface area contributed by atoms with Gasteiger partial charge in [-0.2, -0.15) is 5.26 Å². The zero-order valence-corrected chi connectivity index (χ0v) is 11.0. The third-order valence-electron chi connectivity index (χ3n) is 3.69. The summed E-state index contributed by atoms with van der Waals surface area (Å²) >= 11 is 0. The number of rotatable bonds is 3. The van der Waals surface area contributed by atoms with E-state index in [4.69, 9.17) is 5.26 Å². The van der Waals surface area contributed by atoms with Crippen molar-refractivity contribution >= 4 is 5.91 Å². The van der Waals surface area contributed by atoms with Gasteiger partial charge >= 0.3 is 0 Å². The second-order valence-electron chi connectivity index (χ2n) is 4.97. The average molecular weight is 260 g/mol. The normalized spacial score (nSPS) is 15.2. The largest absolute Gasteiger partial charge is 0.322 e. The van der Waals surface area contributed by atoms with E-state index in [1.807, 2.05) is 6.07 Å². The highest BCUT2D eigenvalue weighted by atomic mass is 19.1. The number of amides is 1. The first kappa shape index (κ1) is 13.5. The summed E-state index contributed by atoms with van der Waals surface area (Å²) in [7, 11) is 0. The van der Waals surface area contributed by atoms with Crippen LogP contribution in [0.2, 0.25) is 0 Å². The molecule has 1 aromatic carbocycles.